The van der Waals surface area contributed by atoms with Crippen molar-refractivity contribution >= 4 is 11.8 Å². The molecule has 7 nitrogen and oxygen atoms in total. The third kappa shape index (κ3) is 2.61. The standard InChI is InChI=1S/C13H13N3O4/c1-19-7-3-4-10(20-2)8(5-7)12-15-9(13(17)18)6-11(14)16-12/h3-6H,1-2H3,(H,17,18)(H2,14,15,16). The fourth-order valence-corrected chi connectivity index (χ4v) is 1.68. The van der Waals surface area contributed by atoms with Crippen molar-refractivity contribution in [3.05, 3.63) is 30.0 Å². The summed E-state index contributed by atoms with van der Waals surface area (Å²) in [6.45, 7) is 0. The summed E-state index contributed by atoms with van der Waals surface area (Å²) in [7, 11) is 3.02. The minimum absolute atomic E-state index is 0.0669. The van der Waals surface area contributed by atoms with Gasteiger partial charge in [0.2, 0.25) is 0 Å². The third-order valence-corrected chi connectivity index (χ3v) is 2.61. The average molecular weight is 275 g/mol. The van der Waals surface area contributed by atoms with Gasteiger partial charge in [-0.1, -0.05) is 0 Å². The van der Waals surface area contributed by atoms with Crippen molar-refractivity contribution in [3.63, 3.8) is 0 Å². The third-order valence-electron chi connectivity index (χ3n) is 2.61. The van der Waals surface area contributed by atoms with Crippen LogP contribution < -0.4 is 15.2 Å². The van der Waals surface area contributed by atoms with Gasteiger partial charge in [-0.3, -0.25) is 0 Å². The maximum atomic E-state index is 11.0. The molecule has 0 bridgehead atoms. The molecule has 2 aromatic rings. The van der Waals surface area contributed by atoms with E-state index in [9.17, 15) is 4.79 Å². The SMILES string of the molecule is COc1ccc(OC)c(-c2nc(N)cc(C(=O)O)n2)c1. The molecule has 0 unspecified atom stereocenters. The lowest BCUT2D eigenvalue weighted by molar-refractivity contribution is 0.0690. The van der Waals surface area contributed by atoms with Crippen LogP contribution >= 0.6 is 0 Å². The summed E-state index contributed by atoms with van der Waals surface area (Å²) in [5.74, 6) is 0.120. The molecule has 1 aromatic heterocycles. The molecule has 0 amide bonds. The summed E-state index contributed by atoms with van der Waals surface area (Å²) < 4.78 is 10.3. The van der Waals surface area contributed by atoms with Gasteiger partial charge in [0.05, 0.1) is 19.8 Å². The lowest BCUT2D eigenvalue weighted by atomic mass is 10.1. The van der Waals surface area contributed by atoms with Gasteiger partial charge in [-0.25, -0.2) is 14.8 Å². The highest BCUT2D eigenvalue weighted by Crippen LogP contribution is 2.31. The van der Waals surface area contributed by atoms with E-state index < -0.39 is 5.97 Å². The Morgan fingerprint density at radius 1 is 1.20 bits per heavy atom. The first kappa shape index (κ1) is 13.6. The predicted octanol–water partition coefficient (Wildman–Crippen LogP) is 1.44. The molecule has 0 radical (unpaired) electrons. The Kier molecular flexibility index (Phi) is 3.69. The first-order valence-electron chi connectivity index (χ1n) is 5.65. The quantitative estimate of drug-likeness (QED) is 0.869. The van der Waals surface area contributed by atoms with E-state index >= 15 is 0 Å². The summed E-state index contributed by atoms with van der Waals surface area (Å²) in [5, 5.41) is 9.01. The molecule has 0 saturated heterocycles. The van der Waals surface area contributed by atoms with Crippen molar-refractivity contribution in [2.75, 3.05) is 20.0 Å². The number of methoxy groups -OCH3 is 2. The maximum absolute atomic E-state index is 11.0. The Morgan fingerprint density at radius 2 is 1.95 bits per heavy atom. The van der Waals surface area contributed by atoms with Crippen molar-refractivity contribution in [2.45, 2.75) is 0 Å². The van der Waals surface area contributed by atoms with Crippen LogP contribution in [0.25, 0.3) is 11.4 Å². The van der Waals surface area contributed by atoms with E-state index in [1.807, 2.05) is 0 Å². The van der Waals surface area contributed by atoms with E-state index in [0.717, 1.165) is 0 Å². The number of carboxylic acids is 1. The van der Waals surface area contributed by atoms with Crippen LogP contribution in [0.1, 0.15) is 10.5 Å². The molecule has 104 valence electrons. The molecule has 0 atom stereocenters. The number of carbonyl (C=O) groups is 1. The van der Waals surface area contributed by atoms with Crippen molar-refractivity contribution in [1.29, 1.82) is 0 Å². The fourth-order valence-electron chi connectivity index (χ4n) is 1.68. The molecule has 0 fully saturated rings. The average Bonchev–Trinajstić information content (AvgIpc) is 2.45. The first-order valence-corrected chi connectivity index (χ1v) is 5.65. The Bertz CT molecular complexity index is 658. The number of hydrogen-bond acceptors (Lipinski definition) is 6. The second-order valence-electron chi connectivity index (χ2n) is 3.87. The Morgan fingerprint density at radius 3 is 2.55 bits per heavy atom. The monoisotopic (exact) mass is 275 g/mol. The first-order chi connectivity index (χ1) is 9.55. The van der Waals surface area contributed by atoms with Crippen LogP contribution in [0.5, 0.6) is 11.5 Å². The Balaban J connectivity index is 2.63. The number of aromatic carboxylic acids is 1. The van der Waals surface area contributed by atoms with Gasteiger partial charge in [0, 0.05) is 6.07 Å². The molecule has 0 aliphatic heterocycles. The highest BCUT2D eigenvalue weighted by molar-refractivity contribution is 5.87. The Hall–Kier alpha value is -2.83. The second kappa shape index (κ2) is 5.43. The second-order valence-corrected chi connectivity index (χ2v) is 3.87. The zero-order valence-corrected chi connectivity index (χ0v) is 11.0. The molecule has 2 rings (SSSR count). The van der Waals surface area contributed by atoms with Crippen LogP contribution in [0.4, 0.5) is 5.82 Å². The number of aromatic nitrogens is 2. The number of ether oxygens (including phenoxy) is 2. The number of hydrogen-bond donors (Lipinski definition) is 2. The lowest BCUT2D eigenvalue weighted by Gasteiger charge is -2.10. The number of rotatable bonds is 4. The van der Waals surface area contributed by atoms with Crippen molar-refractivity contribution in [2.24, 2.45) is 0 Å². The van der Waals surface area contributed by atoms with Gasteiger partial charge in [-0.05, 0) is 18.2 Å². The van der Waals surface area contributed by atoms with E-state index in [1.54, 1.807) is 18.2 Å². The lowest BCUT2D eigenvalue weighted by Crippen LogP contribution is -2.06. The minimum atomic E-state index is -1.18. The van der Waals surface area contributed by atoms with E-state index in [-0.39, 0.29) is 17.3 Å². The van der Waals surface area contributed by atoms with Gasteiger partial charge in [-0.15, -0.1) is 0 Å². The van der Waals surface area contributed by atoms with Crippen molar-refractivity contribution < 1.29 is 19.4 Å². The molecule has 0 aliphatic carbocycles. The Labute approximate surface area is 115 Å². The molecular weight excluding hydrogens is 262 g/mol. The van der Waals surface area contributed by atoms with Gasteiger partial charge in [0.15, 0.2) is 11.5 Å². The van der Waals surface area contributed by atoms with Gasteiger partial charge in [0.1, 0.15) is 17.3 Å². The molecule has 1 aromatic carbocycles. The number of anilines is 1. The molecule has 20 heavy (non-hydrogen) atoms. The zero-order valence-electron chi connectivity index (χ0n) is 11.0. The fraction of sp³-hybridized carbons (Fsp3) is 0.154. The number of nitrogen functional groups attached to an aromatic ring is 1. The maximum Gasteiger partial charge on any atom is 0.354 e. The van der Waals surface area contributed by atoms with Crippen LogP contribution in [0, 0.1) is 0 Å². The molecule has 0 spiro atoms. The smallest absolute Gasteiger partial charge is 0.354 e. The van der Waals surface area contributed by atoms with Crippen molar-refractivity contribution in [1.82, 2.24) is 9.97 Å². The number of carboxylic acid groups (broad SMARTS) is 1. The molecule has 0 saturated carbocycles. The molecule has 1 heterocycles. The van der Waals surface area contributed by atoms with E-state index in [0.29, 0.717) is 17.1 Å². The largest absolute Gasteiger partial charge is 0.497 e. The summed E-state index contributed by atoms with van der Waals surface area (Å²) in [6, 6.07) is 6.24. The molecule has 0 aliphatic rings. The van der Waals surface area contributed by atoms with E-state index in [1.165, 1.54) is 20.3 Å². The summed E-state index contributed by atoms with van der Waals surface area (Å²) in [5.41, 5.74) is 5.93. The van der Waals surface area contributed by atoms with Crippen LogP contribution in [0.3, 0.4) is 0 Å². The number of nitrogens with two attached hydrogens (primary N) is 1. The molecular formula is C13H13N3O4. The highest BCUT2D eigenvalue weighted by Gasteiger charge is 2.15. The van der Waals surface area contributed by atoms with Crippen molar-refractivity contribution in [3.8, 4) is 22.9 Å². The normalized spacial score (nSPS) is 10.1. The highest BCUT2D eigenvalue weighted by atomic mass is 16.5. The van der Waals surface area contributed by atoms with Gasteiger partial charge in [-0.2, -0.15) is 0 Å². The number of benzene rings is 1. The number of nitrogens with zero attached hydrogens (tertiary/aromatic N) is 2. The summed E-state index contributed by atoms with van der Waals surface area (Å²) >= 11 is 0. The van der Waals surface area contributed by atoms with Gasteiger partial charge in [0.25, 0.3) is 0 Å². The van der Waals surface area contributed by atoms with Crippen LogP contribution in [-0.4, -0.2) is 35.3 Å². The van der Waals surface area contributed by atoms with Crippen LogP contribution in [0.15, 0.2) is 24.3 Å². The summed E-state index contributed by atoms with van der Waals surface area (Å²) in [4.78, 5) is 19.0. The zero-order chi connectivity index (χ0) is 14.7. The molecule has 3 N–H and O–H groups in total. The van der Waals surface area contributed by atoms with E-state index in [4.69, 9.17) is 20.3 Å². The molecule has 7 heteroatoms. The minimum Gasteiger partial charge on any atom is -0.497 e. The van der Waals surface area contributed by atoms with E-state index in [2.05, 4.69) is 9.97 Å². The van der Waals surface area contributed by atoms with Crippen LogP contribution in [0.2, 0.25) is 0 Å². The van der Waals surface area contributed by atoms with Crippen LogP contribution in [-0.2, 0) is 0 Å². The van der Waals surface area contributed by atoms with Gasteiger partial charge >= 0.3 is 5.97 Å². The van der Waals surface area contributed by atoms with Gasteiger partial charge < -0.3 is 20.3 Å². The summed E-state index contributed by atoms with van der Waals surface area (Å²) in [6.07, 6.45) is 0. The topological polar surface area (TPSA) is 108 Å². The predicted molar refractivity (Wildman–Crippen MR) is 71.9 cm³/mol.